The van der Waals surface area contributed by atoms with Crippen molar-refractivity contribution in [3.8, 4) is 0 Å². The monoisotopic (exact) mass is 276 g/mol. The second-order valence-corrected chi connectivity index (χ2v) is 4.05. The summed E-state index contributed by atoms with van der Waals surface area (Å²) in [4.78, 5) is 15.4. The van der Waals surface area contributed by atoms with E-state index in [-0.39, 0.29) is 31.0 Å². The molecule has 2 N–H and O–H groups in total. The lowest BCUT2D eigenvalue weighted by Crippen LogP contribution is -2.15. The summed E-state index contributed by atoms with van der Waals surface area (Å²) in [6.45, 7) is 1.87. The fraction of sp³-hybridized carbons (Fsp3) is 0.286. The van der Waals surface area contributed by atoms with Gasteiger partial charge >= 0.3 is 5.97 Å². The Morgan fingerprint density at radius 1 is 1.45 bits per heavy atom. The van der Waals surface area contributed by atoms with E-state index in [1.165, 1.54) is 6.26 Å². The highest BCUT2D eigenvalue weighted by Gasteiger charge is 2.16. The average molecular weight is 276 g/mol. The zero-order valence-electron chi connectivity index (χ0n) is 11.1. The van der Waals surface area contributed by atoms with Crippen LogP contribution in [0.15, 0.2) is 41.0 Å². The summed E-state index contributed by atoms with van der Waals surface area (Å²) in [6, 6.07) is 9.20. The Morgan fingerprint density at radius 2 is 2.20 bits per heavy atom. The summed E-state index contributed by atoms with van der Waals surface area (Å²) < 4.78 is 9.97. The van der Waals surface area contributed by atoms with Gasteiger partial charge < -0.3 is 19.6 Å². The number of hydrogen-bond acceptors (Lipinski definition) is 6. The molecule has 0 spiro atoms. The molecule has 20 heavy (non-hydrogen) atoms. The first-order chi connectivity index (χ1) is 9.74. The van der Waals surface area contributed by atoms with Gasteiger partial charge in [0.25, 0.3) is 6.01 Å². The number of aliphatic hydroxyl groups is 1. The minimum Gasteiger partial charge on any atom is -0.461 e. The van der Waals surface area contributed by atoms with Gasteiger partial charge in [-0.3, -0.25) is 0 Å². The predicted molar refractivity (Wildman–Crippen MR) is 72.4 cm³/mol. The molecule has 0 radical (unpaired) electrons. The summed E-state index contributed by atoms with van der Waals surface area (Å²) >= 11 is 0. The van der Waals surface area contributed by atoms with Crippen molar-refractivity contribution in [1.82, 2.24) is 4.98 Å². The van der Waals surface area contributed by atoms with Gasteiger partial charge in [-0.2, -0.15) is 4.98 Å². The number of benzene rings is 1. The smallest absolute Gasteiger partial charge is 0.360 e. The van der Waals surface area contributed by atoms with Crippen molar-refractivity contribution < 1.29 is 19.1 Å². The van der Waals surface area contributed by atoms with E-state index in [2.05, 4.69) is 10.3 Å². The quantitative estimate of drug-likeness (QED) is 0.785. The third-order valence-corrected chi connectivity index (χ3v) is 2.67. The lowest BCUT2D eigenvalue weighted by molar-refractivity contribution is 0.0519. The maximum atomic E-state index is 11.5. The maximum absolute atomic E-state index is 11.5. The Balaban J connectivity index is 2.07. The standard InChI is InChI=1S/C14H16N2O4/c1-2-19-13(18)12-9-20-14(16-12)15-11(8-17)10-6-4-3-5-7-10/h3-7,9,11,17H,2,8H2,1H3,(H,15,16). The number of nitrogens with zero attached hydrogens (tertiary/aromatic N) is 1. The SMILES string of the molecule is CCOC(=O)c1coc(NC(CO)c2ccccc2)n1. The Labute approximate surface area is 116 Å². The number of nitrogens with one attached hydrogen (secondary N) is 1. The minimum absolute atomic E-state index is 0.0964. The summed E-state index contributed by atoms with van der Waals surface area (Å²) in [6.07, 6.45) is 1.22. The lowest BCUT2D eigenvalue weighted by atomic mass is 10.1. The van der Waals surface area contributed by atoms with E-state index < -0.39 is 5.97 Å². The van der Waals surface area contributed by atoms with E-state index in [0.717, 1.165) is 5.56 Å². The third kappa shape index (κ3) is 3.36. The zero-order valence-corrected chi connectivity index (χ0v) is 11.1. The molecule has 0 saturated carbocycles. The van der Waals surface area contributed by atoms with E-state index in [4.69, 9.17) is 9.15 Å². The Morgan fingerprint density at radius 3 is 2.85 bits per heavy atom. The van der Waals surface area contributed by atoms with Crippen LogP contribution in [0.2, 0.25) is 0 Å². The molecule has 0 amide bonds. The van der Waals surface area contributed by atoms with Crippen LogP contribution in [0.4, 0.5) is 6.01 Å². The van der Waals surface area contributed by atoms with Gasteiger partial charge in [0.2, 0.25) is 0 Å². The summed E-state index contributed by atoms with van der Waals surface area (Å²) in [5, 5.41) is 12.3. The largest absolute Gasteiger partial charge is 0.461 e. The van der Waals surface area contributed by atoms with Crippen LogP contribution in [0.5, 0.6) is 0 Å². The van der Waals surface area contributed by atoms with Gasteiger partial charge in [0, 0.05) is 0 Å². The summed E-state index contributed by atoms with van der Waals surface area (Å²) in [5.41, 5.74) is 0.991. The van der Waals surface area contributed by atoms with E-state index in [9.17, 15) is 9.90 Å². The Kier molecular flexibility index (Phi) is 4.73. The number of rotatable bonds is 6. The minimum atomic E-state index is -0.537. The van der Waals surface area contributed by atoms with Crippen LogP contribution in [0.3, 0.4) is 0 Å². The van der Waals surface area contributed by atoms with E-state index in [1.807, 2.05) is 30.3 Å². The molecule has 1 aromatic carbocycles. The van der Waals surface area contributed by atoms with E-state index in [0.29, 0.717) is 0 Å². The van der Waals surface area contributed by atoms with Crippen molar-refractivity contribution in [2.45, 2.75) is 13.0 Å². The van der Waals surface area contributed by atoms with Crippen molar-refractivity contribution in [1.29, 1.82) is 0 Å². The first-order valence-corrected chi connectivity index (χ1v) is 6.29. The average Bonchev–Trinajstić information content (AvgIpc) is 2.94. The molecular formula is C14H16N2O4. The molecule has 0 aliphatic heterocycles. The molecule has 0 aliphatic rings. The molecule has 106 valence electrons. The number of carbonyl (C=O) groups is 1. The molecule has 2 rings (SSSR count). The maximum Gasteiger partial charge on any atom is 0.360 e. The number of anilines is 1. The van der Waals surface area contributed by atoms with Gasteiger partial charge in [-0.25, -0.2) is 4.79 Å². The van der Waals surface area contributed by atoms with Crippen molar-refractivity contribution in [3.05, 3.63) is 47.9 Å². The highest BCUT2D eigenvalue weighted by atomic mass is 16.5. The van der Waals surface area contributed by atoms with E-state index >= 15 is 0 Å². The van der Waals surface area contributed by atoms with Crippen molar-refractivity contribution in [2.24, 2.45) is 0 Å². The van der Waals surface area contributed by atoms with Gasteiger partial charge in [-0.05, 0) is 12.5 Å². The van der Waals surface area contributed by atoms with Gasteiger partial charge in [0.05, 0.1) is 19.3 Å². The second-order valence-electron chi connectivity index (χ2n) is 4.05. The van der Waals surface area contributed by atoms with Crippen LogP contribution in [0.25, 0.3) is 0 Å². The third-order valence-electron chi connectivity index (χ3n) is 2.67. The van der Waals surface area contributed by atoms with Crippen LogP contribution in [0, 0.1) is 0 Å². The molecule has 1 heterocycles. The second kappa shape index (κ2) is 6.72. The Hall–Kier alpha value is -2.34. The summed E-state index contributed by atoms with van der Waals surface area (Å²) in [7, 11) is 0. The first-order valence-electron chi connectivity index (χ1n) is 6.29. The van der Waals surface area contributed by atoms with Crippen LogP contribution >= 0.6 is 0 Å². The van der Waals surface area contributed by atoms with Crippen molar-refractivity contribution in [2.75, 3.05) is 18.5 Å². The predicted octanol–water partition coefficient (Wildman–Crippen LogP) is 2.00. The number of hydrogen-bond donors (Lipinski definition) is 2. The molecule has 6 nitrogen and oxygen atoms in total. The van der Waals surface area contributed by atoms with Crippen LogP contribution in [-0.2, 0) is 4.74 Å². The Bertz CT molecular complexity index is 553. The van der Waals surface area contributed by atoms with Crippen LogP contribution in [0.1, 0.15) is 29.0 Å². The van der Waals surface area contributed by atoms with Crippen molar-refractivity contribution in [3.63, 3.8) is 0 Å². The van der Waals surface area contributed by atoms with Gasteiger partial charge in [0.15, 0.2) is 5.69 Å². The van der Waals surface area contributed by atoms with Gasteiger partial charge in [0.1, 0.15) is 6.26 Å². The van der Waals surface area contributed by atoms with E-state index in [1.54, 1.807) is 6.92 Å². The number of oxazole rings is 1. The van der Waals surface area contributed by atoms with Crippen molar-refractivity contribution >= 4 is 12.0 Å². The van der Waals surface area contributed by atoms with Crippen LogP contribution < -0.4 is 5.32 Å². The zero-order chi connectivity index (χ0) is 14.4. The molecule has 1 aromatic heterocycles. The fourth-order valence-electron chi connectivity index (χ4n) is 1.71. The lowest BCUT2D eigenvalue weighted by Gasteiger charge is -2.14. The number of aromatic nitrogens is 1. The normalized spacial score (nSPS) is 11.9. The molecule has 2 aromatic rings. The number of carbonyl (C=O) groups excluding carboxylic acids is 1. The first kappa shape index (κ1) is 14.1. The molecule has 0 saturated heterocycles. The number of esters is 1. The summed E-state index contributed by atoms with van der Waals surface area (Å²) in [5.74, 6) is -0.537. The molecule has 0 fully saturated rings. The molecule has 6 heteroatoms. The fourth-order valence-corrected chi connectivity index (χ4v) is 1.71. The van der Waals surface area contributed by atoms with Gasteiger partial charge in [-0.15, -0.1) is 0 Å². The number of aliphatic hydroxyl groups excluding tert-OH is 1. The highest BCUT2D eigenvalue weighted by Crippen LogP contribution is 2.18. The molecule has 1 unspecified atom stereocenters. The molecule has 0 aliphatic carbocycles. The molecule has 0 bridgehead atoms. The molecular weight excluding hydrogens is 260 g/mol. The molecule has 1 atom stereocenters. The highest BCUT2D eigenvalue weighted by molar-refractivity contribution is 5.87. The van der Waals surface area contributed by atoms with Gasteiger partial charge in [-0.1, -0.05) is 30.3 Å². The topological polar surface area (TPSA) is 84.6 Å². The number of ether oxygens (including phenoxy) is 1. The van der Waals surface area contributed by atoms with Crippen LogP contribution in [-0.4, -0.2) is 29.3 Å².